The first-order valence-electron chi connectivity index (χ1n) is 6.94. The molecule has 2 heterocycles. The summed E-state index contributed by atoms with van der Waals surface area (Å²) in [4.78, 5) is 10.7. The lowest BCUT2D eigenvalue weighted by molar-refractivity contribution is 0.141. The van der Waals surface area contributed by atoms with Gasteiger partial charge in [0.1, 0.15) is 0 Å². The van der Waals surface area contributed by atoms with Crippen molar-refractivity contribution in [1.82, 2.24) is 14.9 Å². The van der Waals surface area contributed by atoms with E-state index >= 15 is 0 Å². The van der Waals surface area contributed by atoms with Crippen molar-refractivity contribution >= 4 is 0 Å². The largest absolute Gasteiger partial charge is 0.391 e. The summed E-state index contributed by atoms with van der Waals surface area (Å²) in [7, 11) is 0. The van der Waals surface area contributed by atoms with Gasteiger partial charge in [0.25, 0.3) is 0 Å². The van der Waals surface area contributed by atoms with Crippen molar-refractivity contribution in [3.05, 3.63) is 35.9 Å². The van der Waals surface area contributed by atoms with Gasteiger partial charge in [-0.05, 0) is 26.7 Å². The molecular formula is C15H23N3O. The minimum atomic E-state index is -0.242. The lowest BCUT2D eigenvalue weighted by Gasteiger charge is -2.14. The highest BCUT2D eigenvalue weighted by molar-refractivity contribution is 5.00. The number of likely N-dealkylation sites (tertiary alicyclic amines) is 1. The smallest absolute Gasteiger partial charge is 0.0711 e. The highest BCUT2D eigenvalue weighted by atomic mass is 16.3. The lowest BCUT2D eigenvalue weighted by atomic mass is 10.0. The molecule has 0 aromatic carbocycles. The summed E-state index contributed by atoms with van der Waals surface area (Å²) in [5, 5.41) is 10.1. The first-order valence-corrected chi connectivity index (χ1v) is 6.94. The molecular weight excluding hydrogens is 238 g/mol. The summed E-state index contributed by atoms with van der Waals surface area (Å²) < 4.78 is 0. The van der Waals surface area contributed by atoms with Crippen molar-refractivity contribution in [2.45, 2.75) is 32.8 Å². The molecule has 1 aromatic heterocycles. The Morgan fingerprint density at radius 3 is 2.95 bits per heavy atom. The van der Waals surface area contributed by atoms with Crippen LogP contribution in [0.1, 0.15) is 26.0 Å². The Hall–Kier alpha value is -1.26. The number of β-amino-alcohol motifs (C(OH)–C–C–N with tert-alkyl or cyclic N) is 1. The SMILES string of the molecule is CC(C)=CCCN1C[C@@H](Cc2cnccn2)[C@H](O)C1. The number of rotatable bonds is 5. The maximum Gasteiger partial charge on any atom is 0.0711 e. The third-order valence-electron chi connectivity index (χ3n) is 3.57. The fourth-order valence-electron chi connectivity index (χ4n) is 2.56. The molecule has 1 aliphatic heterocycles. The van der Waals surface area contributed by atoms with Gasteiger partial charge in [-0.2, -0.15) is 0 Å². The number of aliphatic hydroxyl groups excluding tert-OH is 1. The van der Waals surface area contributed by atoms with Gasteiger partial charge in [0, 0.05) is 44.1 Å². The number of nitrogens with zero attached hydrogens (tertiary/aromatic N) is 3. The van der Waals surface area contributed by atoms with Gasteiger partial charge in [-0.25, -0.2) is 0 Å². The Bertz CT molecular complexity index is 415. The molecule has 0 aliphatic carbocycles. The molecule has 4 heteroatoms. The van der Waals surface area contributed by atoms with Crippen LogP contribution in [0.5, 0.6) is 0 Å². The van der Waals surface area contributed by atoms with E-state index in [1.54, 1.807) is 18.6 Å². The average molecular weight is 261 g/mol. The normalized spacial score (nSPS) is 23.5. The van der Waals surface area contributed by atoms with Crippen molar-refractivity contribution < 1.29 is 5.11 Å². The van der Waals surface area contributed by atoms with Crippen molar-refractivity contribution in [3.63, 3.8) is 0 Å². The minimum absolute atomic E-state index is 0.242. The molecule has 0 amide bonds. The summed E-state index contributed by atoms with van der Waals surface area (Å²) in [5.41, 5.74) is 2.33. The van der Waals surface area contributed by atoms with Gasteiger partial charge in [0.15, 0.2) is 0 Å². The molecule has 1 aromatic rings. The summed E-state index contributed by atoms with van der Waals surface area (Å²) in [6, 6.07) is 0. The second-order valence-electron chi connectivity index (χ2n) is 5.56. The van der Waals surface area contributed by atoms with Gasteiger partial charge in [-0.3, -0.25) is 9.97 Å². The Kier molecular flexibility index (Phi) is 5.05. The molecule has 19 heavy (non-hydrogen) atoms. The maximum atomic E-state index is 10.1. The second-order valence-corrected chi connectivity index (χ2v) is 5.56. The number of aliphatic hydroxyl groups is 1. The fourth-order valence-corrected chi connectivity index (χ4v) is 2.56. The summed E-state index contributed by atoms with van der Waals surface area (Å²) in [6.07, 6.45) is 9.07. The molecule has 0 unspecified atom stereocenters. The van der Waals surface area contributed by atoms with Crippen LogP contribution in [-0.2, 0) is 6.42 Å². The predicted molar refractivity (Wildman–Crippen MR) is 75.7 cm³/mol. The number of hydrogen-bond acceptors (Lipinski definition) is 4. The zero-order valence-corrected chi connectivity index (χ0v) is 11.8. The molecule has 0 bridgehead atoms. The molecule has 0 radical (unpaired) electrons. The molecule has 0 saturated carbocycles. The molecule has 0 spiro atoms. The molecule has 4 nitrogen and oxygen atoms in total. The quantitative estimate of drug-likeness (QED) is 0.819. The van der Waals surface area contributed by atoms with Crippen LogP contribution in [0.2, 0.25) is 0 Å². The molecule has 1 fully saturated rings. The zero-order valence-electron chi connectivity index (χ0n) is 11.8. The Morgan fingerprint density at radius 1 is 1.42 bits per heavy atom. The van der Waals surface area contributed by atoms with E-state index in [0.717, 1.165) is 38.2 Å². The van der Waals surface area contributed by atoms with Crippen LogP contribution in [0.15, 0.2) is 30.2 Å². The molecule has 1 saturated heterocycles. The third kappa shape index (κ3) is 4.40. The van der Waals surface area contributed by atoms with Crippen LogP contribution in [0.25, 0.3) is 0 Å². The predicted octanol–water partition coefficient (Wildman–Crippen LogP) is 1.67. The number of hydrogen-bond donors (Lipinski definition) is 1. The molecule has 1 aliphatic rings. The molecule has 1 N–H and O–H groups in total. The number of allylic oxidation sites excluding steroid dienone is 1. The van der Waals surface area contributed by atoms with E-state index < -0.39 is 0 Å². The van der Waals surface area contributed by atoms with Crippen LogP contribution in [0, 0.1) is 5.92 Å². The molecule has 104 valence electrons. The van der Waals surface area contributed by atoms with E-state index in [4.69, 9.17) is 0 Å². The van der Waals surface area contributed by atoms with E-state index in [1.807, 2.05) is 0 Å². The Morgan fingerprint density at radius 2 is 2.26 bits per heavy atom. The monoisotopic (exact) mass is 261 g/mol. The average Bonchev–Trinajstić information content (AvgIpc) is 2.71. The standard InChI is InChI=1S/C15H23N3O/c1-12(2)4-3-7-18-10-13(15(19)11-18)8-14-9-16-5-6-17-14/h4-6,9,13,15,19H,3,7-8,10-11H2,1-2H3/t13-,15-/m1/s1. The van der Waals surface area contributed by atoms with Gasteiger partial charge in [0.05, 0.1) is 11.8 Å². The van der Waals surface area contributed by atoms with Crippen LogP contribution >= 0.6 is 0 Å². The van der Waals surface area contributed by atoms with Gasteiger partial charge in [-0.15, -0.1) is 0 Å². The highest BCUT2D eigenvalue weighted by Crippen LogP contribution is 2.20. The van der Waals surface area contributed by atoms with E-state index in [1.165, 1.54) is 5.57 Å². The number of aromatic nitrogens is 2. The van der Waals surface area contributed by atoms with E-state index in [9.17, 15) is 5.11 Å². The molecule has 2 rings (SSSR count). The lowest BCUT2D eigenvalue weighted by Crippen LogP contribution is -2.22. The topological polar surface area (TPSA) is 49.2 Å². The van der Waals surface area contributed by atoms with Gasteiger partial charge >= 0.3 is 0 Å². The van der Waals surface area contributed by atoms with Crippen LogP contribution in [-0.4, -0.2) is 45.7 Å². The maximum absolute atomic E-state index is 10.1. The van der Waals surface area contributed by atoms with E-state index in [-0.39, 0.29) is 12.0 Å². The van der Waals surface area contributed by atoms with Crippen LogP contribution in [0.4, 0.5) is 0 Å². The van der Waals surface area contributed by atoms with Crippen molar-refractivity contribution in [1.29, 1.82) is 0 Å². The summed E-state index contributed by atoms with van der Waals surface area (Å²) in [5.74, 6) is 0.281. The van der Waals surface area contributed by atoms with Crippen LogP contribution in [0.3, 0.4) is 0 Å². The zero-order chi connectivity index (χ0) is 13.7. The van der Waals surface area contributed by atoms with E-state index in [0.29, 0.717) is 0 Å². The second kappa shape index (κ2) is 6.78. The van der Waals surface area contributed by atoms with Crippen LogP contribution < -0.4 is 0 Å². The van der Waals surface area contributed by atoms with Crippen molar-refractivity contribution in [2.75, 3.05) is 19.6 Å². The minimum Gasteiger partial charge on any atom is -0.391 e. The summed E-state index contributed by atoms with van der Waals surface area (Å²) in [6.45, 7) is 7.00. The third-order valence-corrected chi connectivity index (χ3v) is 3.57. The molecule has 2 atom stereocenters. The summed E-state index contributed by atoms with van der Waals surface area (Å²) >= 11 is 0. The van der Waals surface area contributed by atoms with Gasteiger partial charge in [-0.1, -0.05) is 11.6 Å². The van der Waals surface area contributed by atoms with Crippen molar-refractivity contribution in [2.24, 2.45) is 5.92 Å². The van der Waals surface area contributed by atoms with Gasteiger partial charge < -0.3 is 10.0 Å². The van der Waals surface area contributed by atoms with Gasteiger partial charge in [0.2, 0.25) is 0 Å². The Labute approximate surface area is 115 Å². The van der Waals surface area contributed by atoms with Crippen molar-refractivity contribution in [3.8, 4) is 0 Å². The van der Waals surface area contributed by atoms with E-state index in [2.05, 4.69) is 34.8 Å². The fraction of sp³-hybridized carbons (Fsp3) is 0.600. The first-order chi connectivity index (χ1) is 9.15. The first kappa shape index (κ1) is 14.2. The highest BCUT2D eigenvalue weighted by Gasteiger charge is 2.30. The Balaban J connectivity index is 1.82.